The molecule has 0 amide bonds. The van der Waals surface area contributed by atoms with E-state index in [0.717, 1.165) is 69.0 Å². The molecule has 12 nitrogen and oxygen atoms in total. The van der Waals surface area contributed by atoms with Crippen molar-refractivity contribution in [2.75, 3.05) is 109 Å². The Morgan fingerprint density at radius 3 is 1.41 bits per heavy atom. The average Bonchev–Trinajstić information content (AvgIpc) is 1.35. The van der Waals surface area contributed by atoms with Gasteiger partial charge in [0, 0.05) is 46.7 Å². The number of carbonyl (C=O) groups excluding carboxylic acids is 3. The number of Topliss-reactive ketones (excluding diaryl/α,β-unsaturated/α-hetero) is 2. The van der Waals surface area contributed by atoms with E-state index in [1.54, 1.807) is 14.2 Å². The standard InChI is InChI=1S/C20H29OS.C19H17S.C16H25OS.C14H21NO3.2C11H22N2.C11H11NO.C10H14S/c1-20(2,22-14-6-7-15-22)19(21)18-12-10-17(11-13-18)16-8-4-3-5-9-16;1-16-12-14-19(15-13-16)20(17-8-4-2-5-9-17)18-10-6-3-7-11-18;1-3-5-12-18(13-6-4-2)14-16(17)15-10-8-7-9-11-15;1-14(2,3)18-13(16)12(15)9-10-5-7-11(17-4)8-6-10;2*1-12-9-5-11(6-10-12)13-7-3-2-4-8-13;1-13-10-6-4-9(5-7-10)11-3-2-8-12-11;1-10(2,3)8-4-6-9(11)7-5-8/h10-13,16H,3-9,14-15H2,1-2H3;2-15H,1H3;7-11H,3-6,12-14H2,1-2H3;5-8,12H,9,15H2,1-4H3;2*11H,2-10H2,1H3;2,4-8H,3H2,1H3;4-7,11H,1-3H3/q3*+1;;;;;/p+1. The Labute approximate surface area is 789 Å². The minimum absolute atomic E-state index is 0.0229. The normalized spacial score (nSPS) is 17.1. The summed E-state index contributed by atoms with van der Waals surface area (Å²) < 4.78 is 15.2. The molecule has 6 aliphatic heterocycles. The van der Waals surface area contributed by atoms with Gasteiger partial charge in [-0.25, -0.2) is 0 Å². The summed E-state index contributed by atoms with van der Waals surface area (Å²) in [6, 6.07) is 73.8. The van der Waals surface area contributed by atoms with Crippen LogP contribution in [0.4, 0.5) is 0 Å². The smallest absolute Gasteiger partial charge is 0.323 e. The van der Waals surface area contributed by atoms with Crippen molar-refractivity contribution in [1.82, 2.24) is 19.6 Å². The lowest BCUT2D eigenvalue weighted by Gasteiger charge is -2.39. The number of hydrogen-bond donors (Lipinski definition) is 1. The molecule has 0 spiro atoms. The zero-order chi connectivity index (χ0) is 92.1. The van der Waals surface area contributed by atoms with E-state index in [4.69, 9.17) is 19.9 Å². The zero-order valence-corrected chi connectivity index (χ0v) is 84.6. The quantitative estimate of drug-likeness (QED) is 0.0352. The van der Waals surface area contributed by atoms with Gasteiger partial charge in [-0.3, -0.25) is 19.4 Å². The Bertz CT molecular complexity index is 4340. The van der Waals surface area contributed by atoms with Gasteiger partial charge < -0.3 is 39.5 Å². The average molecular weight is 1820 g/mol. The number of rotatable bonds is 24. The molecular weight excluding hydrogens is 1650 g/mol. The first kappa shape index (κ1) is 106. The number of carbonyl (C=O) groups is 3. The lowest BCUT2D eigenvalue weighted by molar-refractivity contribution is -0.156. The molecular formula is C112H162N6O6S4+4. The highest BCUT2D eigenvalue weighted by molar-refractivity contribution is 7.99. The second-order valence-electron chi connectivity index (χ2n) is 38.0. The molecule has 1 aliphatic carbocycles. The molecule has 16 heteroatoms. The third kappa shape index (κ3) is 38.2. The van der Waals surface area contributed by atoms with E-state index in [2.05, 4.69) is 246 Å². The van der Waals surface area contributed by atoms with Gasteiger partial charge in [0.25, 0.3) is 0 Å². The van der Waals surface area contributed by atoms with Crippen molar-refractivity contribution < 1.29 is 28.6 Å². The van der Waals surface area contributed by atoms with E-state index in [9.17, 15) is 14.4 Å². The SMILES string of the molecule is CC(C)(C(=O)c1ccc(C2CCCCC2)cc1)[S+]1CCCC1.CC(C)(C)c1ccc([SH2+])cc1.CCCC[S+](CCCC)CC(=O)c1ccccc1.CN1CCC(N2CCCCC2)CC1.CN1CCC(N2CCCCC2)CC1.COc1ccc(C2=NC=CC2)cc1.COc1ccc(CC(N)C(=O)OC(C)(C)C)cc1.Cc1ccc([S+](c2ccccc2)c2ccccc2)cc1. The number of likely N-dealkylation sites (tertiary alicyclic amines) is 4. The minimum Gasteiger partial charge on any atom is -0.497 e. The monoisotopic (exact) mass is 1820 g/mol. The molecule has 1 unspecified atom stereocenters. The van der Waals surface area contributed by atoms with Crippen molar-refractivity contribution in [3.63, 3.8) is 0 Å². The maximum absolute atomic E-state index is 12.9. The largest absolute Gasteiger partial charge is 0.497 e. The Kier molecular flexibility index (Phi) is 47.5. The number of allylic oxidation sites excluding steroid dienone is 1. The molecule has 8 aromatic carbocycles. The molecule has 696 valence electrons. The van der Waals surface area contributed by atoms with Crippen LogP contribution in [0.1, 0.15) is 265 Å². The fourth-order valence-corrected chi connectivity index (χ4v) is 24.5. The van der Waals surface area contributed by atoms with Gasteiger partial charge in [-0.05, 0) is 346 Å². The van der Waals surface area contributed by atoms with E-state index < -0.39 is 11.6 Å². The first-order chi connectivity index (χ1) is 61.6. The summed E-state index contributed by atoms with van der Waals surface area (Å²) >= 11 is 3.46. The van der Waals surface area contributed by atoms with Crippen LogP contribution in [0.2, 0.25) is 0 Å². The number of esters is 1. The van der Waals surface area contributed by atoms with E-state index in [1.807, 2.05) is 106 Å². The van der Waals surface area contributed by atoms with Crippen molar-refractivity contribution in [2.24, 2.45) is 10.7 Å². The topological polar surface area (TPSA) is 130 Å². The van der Waals surface area contributed by atoms with E-state index in [0.29, 0.717) is 28.9 Å². The first-order valence-electron chi connectivity index (χ1n) is 48.3. The van der Waals surface area contributed by atoms with Crippen LogP contribution in [0.5, 0.6) is 11.5 Å². The van der Waals surface area contributed by atoms with Crippen LogP contribution < -0.4 is 15.2 Å². The number of piperidine rings is 4. The van der Waals surface area contributed by atoms with Crippen LogP contribution in [0.3, 0.4) is 0 Å². The second-order valence-corrected chi connectivity index (χ2v) is 45.7. The van der Waals surface area contributed by atoms with Crippen LogP contribution >= 0.6 is 0 Å². The molecule has 1 atom stereocenters. The van der Waals surface area contributed by atoms with Gasteiger partial charge in [0.15, 0.2) is 25.2 Å². The molecule has 7 aliphatic rings. The van der Waals surface area contributed by atoms with Gasteiger partial charge in [-0.15, -0.1) is 0 Å². The highest BCUT2D eigenvalue weighted by Gasteiger charge is 2.47. The van der Waals surface area contributed by atoms with Crippen LogP contribution in [-0.4, -0.2) is 181 Å². The Balaban J connectivity index is 0.000000182. The van der Waals surface area contributed by atoms with Gasteiger partial charge in [-0.2, -0.15) is 0 Å². The lowest BCUT2D eigenvalue weighted by Crippen LogP contribution is -2.45. The summed E-state index contributed by atoms with van der Waals surface area (Å²) in [6.07, 6.45) is 33.9. The number of nitrogens with two attached hydrogens (primary N) is 1. The predicted octanol–water partition coefficient (Wildman–Crippen LogP) is 24.1. The number of methoxy groups -OCH3 is 2. The Hall–Kier alpha value is -7.22. The highest BCUT2D eigenvalue weighted by Crippen LogP contribution is 2.36. The van der Waals surface area contributed by atoms with E-state index in [-0.39, 0.29) is 37.9 Å². The van der Waals surface area contributed by atoms with Crippen LogP contribution in [0.15, 0.2) is 249 Å². The van der Waals surface area contributed by atoms with Crippen molar-refractivity contribution >= 4 is 68.6 Å². The summed E-state index contributed by atoms with van der Waals surface area (Å²) in [6.45, 7) is 33.7. The summed E-state index contributed by atoms with van der Waals surface area (Å²) in [4.78, 5) is 56.7. The molecule has 1 saturated carbocycles. The van der Waals surface area contributed by atoms with Gasteiger partial charge in [0.05, 0.1) is 30.8 Å². The van der Waals surface area contributed by atoms with Crippen LogP contribution in [-0.2, 0) is 66.7 Å². The lowest BCUT2D eigenvalue weighted by atomic mass is 9.83. The van der Waals surface area contributed by atoms with Crippen molar-refractivity contribution in [2.45, 2.75) is 283 Å². The molecule has 0 aromatic heterocycles. The maximum Gasteiger partial charge on any atom is 0.323 e. The Morgan fingerprint density at radius 2 is 0.969 bits per heavy atom. The van der Waals surface area contributed by atoms with Crippen molar-refractivity contribution in [1.29, 1.82) is 0 Å². The van der Waals surface area contributed by atoms with Gasteiger partial charge in [0.1, 0.15) is 51.0 Å². The summed E-state index contributed by atoms with van der Waals surface area (Å²) in [5.74, 6) is 8.41. The van der Waals surface area contributed by atoms with Crippen molar-refractivity contribution in [3.05, 3.63) is 264 Å². The van der Waals surface area contributed by atoms with Crippen LogP contribution in [0, 0.1) is 6.92 Å². The molecule has 128 heavy (non-hydrogen) atoms. The number of hydrogen-bond acceptors (Lipinski definition) is 12. The van der Waals surface area contributed by atoms with Gasteiger partial charge >= 0.3 is 5.97 Å². The fraction of sp³-hybridized carbons (Fsp3) is 0.518. The molecule has 5 saturated heterocycles. The number of ether oxygens (including phenoxy) is 3. The number of aliphatic imine (C=N–C) groups is 1. The fourth-order valence-electron chi connectivity index (χ4n) is 17.1. The van der Waals surface area contributed by atoms with Crippen molar-refractivity contribution in [3.8, 4) is 11.5 Å². The summed E-state index contributed by atoms with van der Waals surface area (Å²) in [5, 5.41) is 0. The molecule has 6 fully saturated rings. The van der Waals surface area contributed by atoms with Crippen LogP contribution in [0.25, 0.3) is 0 Å². The van der Waals surface area contributed by atoms with Gasteiger partial charge in [-0.1, -0.05) is 219 Å². The third-order valence-corrected chi connectivity index (χ3v) is 33.3. The first-order valence-corrected chi connectivity index (χ1v) is 53.3. The third-order valence-electron chi connectivity index (χ3n) is 25.1. The maximum atomic E-state index is 12.9. The van der Waals surface area contributed by atoms with E-state index in [1.165, 1.54) is 247 Å². The number of unbranched alkanes of at least 4 members (excludes halogenated alkanes) is 2. The van der Waals surface area contributed by atoms with Gasteiger partial charge in [0.2, 0.25) is 11.6 Å². The summed E-state index contributed by atoms with van der Waals surface area (Å²) in [5.41, 5.74) is 14.8. The molecule has 15 rings (SSSR count). The number of benzene rings is 8. The number of nitrogens with zero attached hydrogens (tertiary/aromatic N) is 5. The molecule has 2 N–H and O–H groups in total. The molecule has 6 heterocycles. The summed E-state index contributed by atoms with van der Waals surface area (Å²) in [7, 11) is 8.31. The number of aryl methyl sites for hydroxylation is 1. The highest BCUT2D eigenvalue weighted by atomic mass is 32.2. The second kappa shape index (κ2) is 57.3. The number of ketones is 2. The predicted molar refractivity (Wildman–Crippen MR) is 555 cm³/mol. The molecule has 0 bridgehead atoms. The van der Waals surface area contributed by atoms with E-state index >= 15 is 0 Å². The minimum atomic E-state index is -0.641. The molecule has 0 radical (unpaired) electrons. The Morgan fingerprint density at radius 1 is 0.516 bits per heavy atom. The molecule has 8 aromatic rings. The zero-order valence-electron chi connectivity index (χ0n) is 81.1.